The highest BCUT2D eigenvalue weighted by Gasteiger charge is 2.14. The SMILES string of the molecule is Cc1cc(N2CCCC2)ccc1NC(=O)COC(=O)CCCOc1ccccc1. The zero-order valence-electron chi connectivity index (χ0n) is 16.9. The third-order valence-corrected chi connectivity index (χ3v) is 4.86. The van der Waals surface area contributed by atoms with E-state index in [0.717, 1.165) is 30.1 Å². The van der Waals surface area contributed by atoms with Gasteiger partial charge in [-0.25, -0.2) is 0 Å². The van der Waals surface area contributed by atoms with E-state index in [-0.39, 0.29) is 18.9 Å². The Labute approximate surface area is 171 Å². The van der Waals surface area contributed by atoms with Crippen molar-refractivity contribution < 1.29 is 19.1 Å². The minimum atomic E-state index is -0.405. The summed E-state index contributed by atoms with van der Waals surface area (Å²) in [6.45, 7) is 4.27. The van der Waals surface area contributed by atoms with Gasteiger partial charge in [0.25, 0.3) is 5.91 Å². The summed E-state index contributed by atoms with van der Waals surface area (Å²) in [7, 11) is 0. The molecule has 0 unspecified atom stereocenters. The molecule has 29 heavy (non-hydrogen) atoms. The van der Waals surface area contributed by atoms with Crippen molar-refractivity contribution in [3.63, 3.8) is 0 Å². The van der Waals surface area contributed by atoms with Crippen LogP contribution >= 0.6 is 0 Å². The van der Waals surface area contributed by atoms with Gasteiger partial charge in [0.05, 0.1) is 6.61 Å². The lowest BCUT2D eigenvalue weighted by Crippen LogP contribution is -2.22. The van der Waals surface area contributed by atoms with Crippen molar-refractivity contribution in [1.29, 1.82) is 0 Å². The molecule has 1 aliphatic rings. The van der Waals surface area contributed by atoms with Crippen LogP contribution in [-0.4, -0.2) is 38.2 Å². The Kier molecular flexibility index (Phi) is 7.50. The molecule has 0 spiro atoms. The molecular weight excluding hydrogens is 368 g/mol. The van der Waals surface area contributed by atoms with Gasteiger partial charge in [0.2, 0.25) is 0 Å². The van der Waals surface area contributed by atoms with E-state index < -0.39 is 5.97 Å². The van der Waals surface area contributed by atoms with Gasteiger partial charge in [-0.2, -0.15) is 0 Å². The van der Waals surface area contributed by atoms with E-state index in [4.69, 9.17) is 9.47 Å². The van der Waals surface area contributed by atoms with Gasteiger partial charge in [-0.3, -0.25) is 9.59 Å². The van der Waals surface area contributed by atoms with Crippen molar-refractivity contribution >= 4 is 23.3 Å². The number of hydrogen-bond donors (Lipinski definition) is 1. The molecule has 0 saturated carbocycles. The number of rotatable bonds is 9. The molecule has 2 aromatic rings. The average Bonchev–Trinajstić information content (AvgIpc) is 3.27. The molecule has 0 aliphatic carbocycles. The Bertz CT molecular complexity index is 817. The third-order valence-electron chi connectivity index (χ3n) is 4.86. The molecular formula is C23H28N2O4. The normalized spacial score (nSPS) is 13.2. The number of ether oxygens (including phenoxy) is 2. The lowest BCUT2D eigenvalue weighted by atomic mass is 10.1. The first kappa shape index (κ1) is 20.7. The van der Waals surface area contributed by atoms with Crippen LogP contribution in [0.4, 0.5) is 11.4 Å². The van der Waals surface area contributed by atoms with Gasteiger partial charge in [-0.1, -0.05) is 18.2 Å². The fourth-order valence-corrected chi connectivity index (χ4v) is 3.29. The summed E-state index contributed by atoms with van der Waals surface area (Å²) in [5.74, 6) is 0.0280. The number of nitrogens with one attached hydrogen (secondary N) is 1. The van der Waals surface area contributed by atoms with Crippen molar-refractivity contribution in [3.05, 3.63) is 54.1 Å². The number of anilines is 2. The highest BCUT2D eigenvalue weighted by Crippen LogP contribution is 2.25. The second-order valence-electron chi connectivity index (χ2n) is 7.17. The van der Waals surface area contributed by atoms with Gasteiger partial charge in [0, 0.05) is 30.9 Å². The number of benzene rings is 2. The number of para-hydroxylation sites is 1. The molecule has 0 atom stereocenters. The predicted molar refractivity (Wildman–Crippen MR) is 113 cm³/mol. The van der Waals surface area contributed by atoms with E-state index in [1.165, 1.54) is 18.5 Å². The lowest BCUT2D eigenvalue weighted by molar-refractivity contribution is -0.147. The molecule has 0 radical (unpaired) electrons. The largest absolute Gasteiger partial charge is 0.494 e. The molecule has 1 fully saturated rings. The monoisotopic (exact) mass is 396 g/mol. The molecule has 1 N–H and O–H groups in total. The first-order valence-corrected chi connectivity index (χ1v) is 10.1. The van der Waals surface area contributed by atoms with E-state index in [0.29, 0.717) is 13.0 Å². The maximum Gasteiger partial charge on any atom is 0.306 e. The highest BCUT2D eigenvalue weighted by atomic mass is 16.5. The Morgan fingerprint density at radius 2 is 1.83 bits per heavy atom. The Hall–Kier alpha value is -3.02. The van der Waals surface area contributed by atoms with Crippen LogP contribution in [0.2, 0.25) is 0 Å². The van der Waals surface area contributed by atoms with Crippen LogP contribution in [0.15, 0.2) is 48.5 Å². The summed E-state index contributed by atoms with van der Waals surface area (Å²) < 4.78 is 10.6. The summed E-state index contributed by atoms with van der Waals surface area (Å²) in [6, 6.07) is 15.4. The lowest BCUT2D eigenvalue weighted by Gasteiger charge is -2.19. The van der Waals surface area contributed by atoms with Crippen molar-refractivity contribution in [1.82, 2.24) is 0 Å². The minimum Gasteiger partial charge on any atom is -0.494 e. The zero-order chi connectivity index (χ0) is 20.5. The number of hydrogen-bond acceptors (Lipinski definition) is 5. The van der Waals surface area contributed by atoms with Crippen LogP contribution in [0.1, 0.15) is 31.2 Å². The van der Waals surface area contributed by atoms with Crippen LogP contribution in [0.5, 0.6) is 5.75 Å². The van der Waals surface area contributed by atoms with Crippen LogP contribution in [0.3, 0.4) is 0 Å². The van der Waals surface area contributed by atoms with E-state index in [1.807, 2.05) is 49.4 Å². The fourth-order valence-electron chi connectivity index (χ4n) is 3.29. The molecule has 154 valence electrons. The predicted octanol–water partition coefficient (Wildman–Crippen LogP) is 3.94. The molecule has 1 aliphatic heterocycles. The van der Waals surface area contributed by atoms with E-state index >= 15 is 0 Å². The number of aryl methyl sites for hydroxylation is 1. The smallest absolute Gasteiger partial charge is 0.306 e. The van der Waals surface area contributed by atoms with Gasteiger partial charge in [0.1, 0.15) is 5.75 Å². The standard InChI is InChI=1S/C23H28N2O4/c1-18-16-19(25-13-5-6-14-25)11-12-21(18)24-22(26)17-29-23(27)10-7-15-28-20-8-3-2-4-9-20/h2-4,8-9,11-12,16H,5-7,10,13-15,17H2,1H3,(H,24,26). The van der Waals surface area contributed by atoms with Gasteiger partial charge in [-0.05, 0) is 62.1 Å². The maximum atomic E-state index is 12.1. The Morgan fingerprint density at radius 1 is 1.07 bits per heavy atom. The number of amides is 1. The Morgan fingerprint density at radius 3 is 2.55 bits per heavy atom. The number of esters is 1. The van der Waals surface area contributed by atoms with Crippen LogP contribution in [0, 0.1) is 6.92 Å². The molecule has 6 nitrogen and oxygen atoms in total. The molecule has 1 heterocycles. The first-order valence-electron chi connectivity index (χ1n) is 10.1. The molecule has 6 heteroatoms. The van der Waals surface area contributed by atoms with E-state index in [2.05, 4.69) is 16.3 Å². The van der Waals surface area contributed by atoms with E-state index in [9.17, 15) is 9.59 Å². The van der Waals surface area contributed by atoms with Crippen molar-refractivity contribution in [2.45, 2.75) is 32.6 Å². The first-order chi connectivity index (χ1) is 14.1. The van der Waals surface area contributed by atoms with Crippen LogP contribution in [0.25, 0.3) is 0 Å². The molecule has 0 aromatic heterocycles. The summed E-state index contributed by atoms with van der Waals surface area (Å²) in [5, 5.41) is 2.81. The summed E-state index contributed by atoms with van der Waals surface area (Å²) in [6.07, 6.45) is 3.19. The third kappa shape index (κ3) is 6.52. The van der Waals surface area contributed by atoms with Crippen LogP contribution in [-0.2, 0) is 14.3 Å². The molecule has 0 bridgehead atoms. The van der Waals surface area contributed by atoms with Crippen LogP contribution < -0.4 is 15.0 Å². The topological polar surface area (TPSA) is 67.9 Å². The van der Waals surface area contributed by atoms with Gasteiger partial charge in [0.15, 0.2) is 6.61 Å². The quantitative estimate of drug-likeness (QED) is 0.514. The van der Waals surface area contributed by atoms with E-state index in [1.54, 1.807) is 0 Å². The molecule has 3 rings (SSSR count). The van der Waals surface area contributed by atoms with Crippen molar-refractivity contribution in [2.75, 3.05) is 36.5 Å². The number of carbonyl (C=O) groups is 2. The summed E-state index contributed by atoms with van der Waals surface area (Å²) >= 11 is 0. The molecule has 1 saturated heterocycles. The number of carbonyl (C=O) groups excluding carboxylic acids is 2. The van der Waals surface area contributed by atoms with Gasteiger partial charge in [-0.15, -0.1) is 0 Å². The zero-order valence-corrected chi connectivity index (χ0v) is 16.9. The van der Waals surface area contributed by atoms with Crippen molar-refractivity contribution in [2.24, 2.45) is 0 Å². The average molecular weight is 396 g/mol. The highest BCUT2D eigenvalue weighted by molar-refractivity contribution is 5.93. The summed E-state index contributed by atoms with van der Waals surface area (Å²) in [4.78, 5) is 26.3. The summed E-state index contributed by atoms with van der Waals surface area (Å²) in [5.41, 5.74) is 2.92. The van der Waals surface area contributed by atoms with Gasteiger partial charge >= 0.3 is 5.97 Å². The number of nitrogens with zero attached hydrogens (tertiary/aromatic N) is 1. The maximum absolute atomic E-state index is 12.1. The van der Waals surface area contributed by atoms with Gasteiger partial charge < -0.3 is 19.7 Å². The second-order valence-corrected chi connectivity index (χ2v) is 7.17. The molecule has 2 aromatic carbocycles. The van der Waals surface area contributed by atoms with Crippen molar-refractivity contribution in [3.8, 4) is 5.75 Å². The molecule has 1 amide bonds. The fraction of sp³-hybridized carbons (Fsp3) is 0.391. The minimum absolute atomic E-state index is 0.212. The second kappa shape index (κ2) is 10.5. The Balaban J connectivity index is 1.35.